The van der Waals surface area contributed by atoms with Crippen LogP contribution in [0.3, 0.4) is 0 Å². The van der Waals surface area contributed by atoms with Gasteiger partial charge in [-0.2, -0.15) is 0 Å². The number of pyridine rings is 2. The number of furan rings is 1. The third kappa shape index (κ3) is 6.56. The topological polar surface area (TPSA) is 45.4 Å². The molecule has 0 radical (unpaired) electrons. The van der Waals surface area contributed by atoms with Crippen LogP contribution in [0.1, 0.15) is 44.6 Å². The summed E-state index contributed by atoms with van der Waals surface area (Å²) in [7, 11) is 0. The molecule has 14 rings (SSSR count). The SMILES string of the molecule is Cc1ccc(N(c2ccc(-c3ccccn3)cc2)c2ccc3oc4c(N(c5ccc(-c6ccccc6)cc5)c5ccc(C)c(C)c5)cc5c(c4c3c2)-c2ccccc2C52c3ccccc3-c3cccnc32)cc1C. The highest BCUT2D eigenvalue weighted by molar-refractivity contribution is 6.21. The highest BCUT2D eigenvalue weighted by atomic mass is 16.3. The summed E-state index contributed by atoms with van der Waals surface area (Å²) in [5, 5.41) is 2.11. The maximum absolute atomic E-state index is 7.45. The Morgan fingerprint density at radius 2 is 0.946 bits per heavy atom. The minimum Gasteiger partial charge on any atom is -0.454 e. The third-order valence-electron chi connectivity index (χ3n) is 15.8. The number of fused-ring (bicyclic) bond motifs is 14. The number of rotatable bonds is 8. The van der Waals surface area contributed by atoms with Gasteiger partial charge in [-0.15, -0.1) is 0 Å². The largest absolute Gasteiger partial charge is 0.454 e. The van der Waals surface area contributed by atoms with Gasteiger partial charge in [-0.25, -0.2) is 0 Å². The number of hydrogen-bond acceptors (Lipinski definition) is 5. The molecule has 2 aliphatic rings. The quantitative estimate of drug-likeness (QED) is 0.152. The van der Waals surface area contributed by atoms with Gasteiger partial charge in [0.2, 0.25) is 0 Å². The molecule has 0 aliphatic heterocycles. The molecule has 3 aromatic heterocycles. The Hall–Kier alpha value is -9.32. The predicted octanol–water partition coefficient (Wildman–Crippen LogP) is 18.2. The zero-order valence-corrected chi connectivity index (χ0v) is 41.6. The zero-order valence-electron chi connectivity index (χ0n) is 41.6. The van der Waals surface area contributed by atoms with Crippen LogP contribution in [0.25, 0.3) is 66.6 Å². The molecule has 5 heteroatoms. The first-order valence-corrected chi connectivity index (χ1v) is 25.5. The van der Waals surface area contributed by atoms with Crippen LogP contribution in [0.2, 0.25) is 0 Å². The fourth-order valence-corrected chi connectivity index (χ4v) is 12.0. The van der Waals surface area contributed by atoms with Gasteiger partial charge in [0.15, 0.2) is 5.58 Å². The molecule has 0 saturated carbocycles. The first-order chi connectivity index (χ1) is 36.3. The minimum absolute atomic E-state index is 0.712. The van der Waals surface area contributed by atoms with Gasteiger partial charge >= 0.3 is 0 Å². The summed E-state index contributed by atoms with van der Waals surface area (Å²) in [6, 6.07) is 79.4. The van der Waals surface area contributed by atoms with Gasteiger partial charge in [0.05, 0.1) is 22.5 Å². The van der Waals surface area contributed by atoms with Gasteiger partial charge in [-0.05, 0) is 185 Å². The molecule has 0 saturated heterocycles. The van der Waals surface area contributed by atoms with Crippen LogP contribution in [0.4, 0.5) is 34.1 Å². The number of aryl methyl sites for hydroxylation is 4. The molecule has 1 atom stereocenters. The maximum atomic E-state index is 7.45. The zero-order chi connectivity index (χ0) is 49.7. The van der Waals surface area contributed by atoms with Crippen LogP contribution in [-0.2, 0) is 5.41 Å². The van der Waals surface area contributed by atoms with Gasteiger partial charge in [0.25, 0.3) is 0 Å². The number of anilines is 6. The van der Waals surface area contributed by atoms with Crippen LogP contribution in [0, 0.1) is 27.7 Å². The number of nitrogens with zero attached hydrogens (tertiary/aromatic N) is 4. The van der Waals surface area contributed by atoms with Gasteiger partial charge in [0.1, 0.15) is 5.58 Å². The monoisotopic (exact) mass is 950 g/mol. The molecule has 3 heterocycles. The van der Waals surface area contributed by atoms with Crippen molar-refractivity contribution in [3.8, 4) is 44.6 Å². The van der Waals surface area contributed by atoms with Crippen molar-refractivity contribution in [1.29, 1.82) is 0 Å². The van der Waals surface area contributed by atoms with Crippen LogP contribution in [0.5, 0.6) is 0 Å². The summed E-state index contributed by atoms with van der Waals surface area (Å²) in [5.74, 6) is 0. The summed E-state index contributed by atoms with van der Waals surface area (Å²) in [6.45, 7) is 8.75. The maximum Gasteiger partial charge on any atom is 0.160 e. The van der Waals surface area contributed by atoms with Crippen molar-refractivity contribution in [2.45, 2.75) is 33.1 Å². The van der Waals surface area contributed by atoms with E-state index in [9.17, 15) is 0 Å². The fourth-order valence-electron chi connectivity index (χ4n) is 12.0. The molecule has 5 nitrogen and oxygen atoms in total. The number of aromatic nitrogens is 2. The smallest absolute Gasteiger partial charge is 0.160 e. The Kier molecular flexibility index (Phi) is 9.93. The van der Waals surface area contributed by atoms with Crippen molar-refractivity contribution in [2.24, 2.45) is 0 Å². The second-order valence-corrected chi connectivity index (χ2v) is 19.9. The van der Waals surface area contributed by atoms with E-state index in [4.69, 9.17) is 9.40 Å². The molecule has 74 heavy (non-hydrogen) atoms. The van der Waals surface area contributed by atoms with Crippen molar-refractivity contribution >= 4 is 56.1 Å². The first-order valence-electron chi connectivity index (χ1n) is 25.5. The Morgan fingerprint density at radius 1 is 0.392 bits per heavy atom. The standard InChI is InChI=1S/C69H50N4O/c1-43-23-29-52(39-45(43)3)72(50-33-27-49(28-34-50)62-22-12-13-37-70-62)54-35-36-64-58(41-54)66-65-57-18-9-11-21-60(57)69(59-20-10-8-17-55(59)56-19-14-38-71-68(56)69)61(65)42-63(67(66)74-64)73(53-30-24-44(2)46(4)40-53)51-31-25-48(26-32-51)47-15-6-5-7-16-47/h5-42H,1-4H3. The van der Waals surface area contributed by atoms with Gasteiger partial charge < -0.3 is 14.2 Å². The third-order valence-corrected chi connectivity index (χ3v) is 15.8. The Morgan fingerprint density at radius 3 is 1.65 bits per heavy atom. The Labute approximate surface area is 431 Å². The summed E-state index contributed by atoms with van der Waals surface area (Å²) in [4.78, 5) is 14.8. The van der Waals surface area contributed by atoms with E-state index in [0.29, 0.717) is 0 Å². The molecule has 1 spiro atoms. The molecule has 352 valence electrons. The molecule has 0 amide bonds. The highest BCUT2D eigenvalue weighted by Crippen LogP contribution is 2.65. The van der Waals surface area contributed by atoms with E-state index in [1.165, 1.54) is 61.2 Å². The first kappa shape index (κ1) is 43.5. The van der Waals surface area contributed by atoms with Crippen LogP contribution in [-0.4, -0.2) is 9.97 Å². The van der Waals surface area contributed by atoms with E-state index in [1.54, 1.807) is 0 Å². The summed E-state index contributed by atoms with van der Waals surface area (Å²) in [5.41, 5.74) is 25.8. The van der Waals surface area contributed by atoms with Crippen LogP contribution in [0.15, 0.2) is 235 Å². The average Bonchev–Trinajstić information content (AvgIpc) is 4.18. The summed E-state index contributed by atoms with van der Waals surface area (Å²) >= 11 is 0. The molecule has 9 aromatic carbocycles. The highest BCUT2D eigenvalue weighted by Gasteiger charge is 2.54. The minimum atomic E-state index is -0.712. The lowest BCUT2D eigenvalue weighted by atomic mass is 9.72. The Bertz CT molecular complexity index is 4130. The van der Waals surface area contributed by atoms with E-state index in [-0.39, 0.29) is 0 Å². The van der Waals surface area contributed by atoms with Gasteiger partial charge in [-0.1, -0.05) is 127 Å². The average molecular weight is 951 g/mol. The molecule has 0 fully saturated rings. The van der Waals surface area contributed by atoms with Crippen molar-refractivity contribution in [3.05, 3.63) is 275 Å². The number of hydrogen-bond donors (Lipinski definition) is 0. The normalized spacial score (nSPS) is 14.0. The summed E-state index contributed by atoms with van der Waals surface area (Å²) < 4.78 is 7.45. The molecule has 0 bridgehead atoms. The lowest BCUT2D eigenvalue weighted by Gasteiger charge is -2.31. The second-order valence-electron chi connectivity index (χ2n) is 19.9. The van der Waals surface area contributed by atoms with Crippen LogP contribution >= 0.6 is 0 Å². The van der Waals surface area contributed by atoms with Gasteiger partial charge in [-0.3, -0.25) is 9.97 Å². The van der Waals surface area contributed by atoms with Crippen molar-refractivity contribution in [3.63, 3.8) is 0 Å². The van der Waals surface area contributed by atoms with E-state index in [2.05, 4.69) is 249 Å². The van der Waals surface area contributed by atoms with E-state index >= 15 is 0 Å². The molecule has 0 N–H and O–H groups in total. The lowest BCUT2D eigenvalue weighted by molar-refractivity contribution is 0.668. The van der Waals surface area contributed by atoms with Gasteiger partial charge in [0, 0.05) is 62.7 Å². The molecule has 1 unspecified atom stereocenters. The predicted molar refractivity (Wildman–Crippen MR) is 305 cm³/mol. The van der Waals surface area contributed by atoms with Crippen molar-refractivity contribution in [1.82, 2.24) is 9.97 Å². The van der Waals surface area contributed by atoms with Crippen molar-refractivity contribution in [2.75, 3.05) is 9.80 Å². The van der Waals surface area contributed by atoms with E-state index in [0.717, 1.165) is 84.1 Å². The fraction of sp³-hybridized carbons (Fsp3) is 0.0725. The molecular formula is C69H50N4O. The summed E-state index contributed by atoms with van der Waals surface area (Å²) in [6.07, 6.45) is 3.81. The molecular weight excluding hydrogens is 901 g/mol. The lowest BCUT2D eigenvalue weighted by Crippen LogP contribution is -2.27. The van der Waals surface area contributed by atoms with E-state index in [1.807, 2.05) is 24.5 Å². The Balaban J connectivity index is 1.09. The number of benzene rings is 9. The second kappa shape index (κ2) is 16.9. The molecule has 12 aromatic rings. The van der Waals surface area contributed by atoms with Crippen molar-refractivity contribution < 1.29 is 4.42 Å². The van der Waals surface area contributed by atoms with E-state index < -0.39 is 5.41 Å². The van der Waals surface area contributed by atoms with Crippen LogP contribution < -0.4 is 9.80 Å². The molecule has 2 aliphatic carbocycles.